The van der Waals surface area contributed by atoms with Crippen LogP contribution in [0.2, 0.25) is 0 Å². The van der Waals surface area contributed by atoms with Crippen LogP contribution in [0.1, 0.15) is 16.7 Å². The molecule has 21 heavy (non-hydrogen) atoms. The fraction of sp³-hybridized carbons (Fsp3) is 0.125. The van der Waals surface area contributed by atoms with E-state index in [9.17, 15) is 9.18 Å². The SMILES string of the molecule is Cc1ccc2c(c1)/C(=N/O)C(=O)N2Cc1ccc(F)cc1. The van der Waals surface area contributed by atoms with E-state index < -0.39 is 0 Å². The van der Waals surface area contributed by atoms with E-state index in [-0.39, 0.29) is 17.4 Å². The van der Waals surface area contributed by atoms with Gasteiger partial charge in [0.05, 0.1) is 12.2 Å². The molecule has 1 N–H and O–H groups in total. The van der Waals surface area contributed by atoms with Crippen LogP contribution in [0.4, 0.5) is 10.1 Å². The van der Waals surface area contributed by atoms with Gasteiger partial charge in [-0.15, -0.1) is 0 Å². The van der Waals surface area contributed by atoms with Crippen LogP contribution < -0.4 is 4.90 Å². The molecule has 0 unspecified atom stereocenters. The van der Waals surface area contributed by atoms with Gasteiger partial charge in [-0.05, 0) is 36.8 Å². The van der Waals surface area contributed by atoms with Gasteiger partial charge in [0, 0.05) is 5.56 Å². The van der Waals surface area contributed by atoms with Crippen LogP contribution in [0.3, 0.4) is 0 Å². The second-order valence-electron chi connectivity index (χ2n) is 4.99. The highest BCUT2D eigenvalue weighted by Gasteiger charge is 2.34. The maximum Gasteiger partial charge on any atom is 0.281 e. The zero-order chi connectivity index (χ0) is 15.0. The van der Waals surface area contributed by atoms with Gasteiger partial charge >= 0.3 is 0 Å². The van der Waals surface area contributed by atoms with Crippen LogP contribution in [0.25, 0.3) is 0 Å². The van der Waals surface area contributed by atoms with Gasteiger partial charge in [-0.3, -0.25) is 4.79 Å². The average Bonchev–Trinajstić information content (AvgIpc) is 2.73. The first-order valence-electron chi connectivity index (χ1n) is 6.49. The first kappa shape index (κ1) is 13.3. The minimum absolute atomic E-state index is 0.0378. The van der Waals surface area contributed by atoms with Crippen LogP contribution in [0.5, 0.6) is 0 Å². The summed E-state index contributed by atoms with van der Waals surface area (Å²) in [6.45, 7) is 2.20. The number of carbonyl (C=O) groups is 1. The van der Waals surface area contributed by atoms with Gasteiger partial charge in [0.15, 0.2) is 5.71 Å². The maximum absolute atomic E-state index is 12.9. The number of halogens is 1. The molecule has 1 aliphatic heterocycles. The van der Waals surface area contributed by atoms with E-state index in [1.165, 1.54) is 17.0 Å². The van der Waals surface area contributed by atoms with Crippen molar-refractivity contribution in [2.45, 2.75) is 13.5 Å². The third kappa shape index (κ3) is 2.27. The molecule has 106 valence electrons. The largest absolute Gasteiger partial charge is 0.410 e. The van der Waals surface area contributed by atoms with E-state index in [1.54, 1.807) is 12.1 Å². The zero-order valence-electron chi connectivity index (χ0n) is 11.4. The van der Waals surface area contributed by atoms with Gasteiger partial charge < -0.3 is 10.1 Å². The van der Waals surface area contributed by atoms with Crippen molar-refractivity contribution in [2.75, 3.05) is 4.90 Å². The standard InChI is InChI=1S/C16H13FN2O2/c1-10-2-7-14-13(8-10)15(18-21)16(20)19(14)9-11-3-5-12(17)6-4-11/h2-8,21H,9H2,1H3/b18-15-. The lowest BCUT2D eigenvalue weighted by Crippen LogP contribution is -2.29. The molecule has 0 fully saturated rings. The van der Waals surface area contributed by atoms with E-state index >= 15 is 0 Å². The van der Waals surface area contributed by atoms with Crippen molar-refractivity contribution in [3.63, 3.8) is 0 Å². The van der Waals surface area contributed by atoms with Gasteiger partial charge in [-0.2, -0.15) is 0 Å². The van der Waals surface area contributed by atoms with Crippen LogP contribution in [0.15, 0.2) is 47.6 Å². The van der Waals surface area contributed by atoms with Crippen molar-refractivity contribution in [3.05, 3.63) is 65.0 Å². The summed E-state index contributed by atoms with van der Waals surface area (Å²) < 4.78 is 12.9. The molecular weight excluding hydrogens is 271 g/mol. The van der Waals surface area contributed by atoms with E-state index in [0.717, 1.165) is 11.1 Å². The average molecular weight is 284 g/mol. The molecule has 3 rings (SSSR count). The Morgan fingerprint density at radius 1 is 1.19 bits per heavy atom. The maximum atomic E-state index is 12.9. The molecule has 1 amide bonds. The second kappa shape index (κ2) is 5.01. The lowest BCUT2D eigenvalue weighted by atomic mass is 10.1. The summed E-state index contributed by atoms with van der Waals surface area (Å²) in [5, 5.41) is 12.2. The molecule has 0 saturated heterocycles. The summed E-state index contributed by atoms with van der Waals surface area (Å²) in [7, 11) is 0. The number of fused-ring (bicyclic) bond motifs is 1. The Labute approximate surface area is 121 Å². The Hall–Kier alpha value is -2.69. The van der Waals surface area contributed by atoms with E-state index in [0.29, 0.717) is 17.8 Å². The topological polar surface area (TPSA) is 52.9 Å². The summed E-state index contributed by atoms with van der Waals surface area (Å²) >= 11 is 0. The Kier molecular flexibility index (Phi) is 3.17. The Bertz CT molecular complexity index is 738. The second-order valence-corrected chi connectivity index (χ2v) is 4.99. The van der Waals surface area contributed by atoms with Crippen LogP contribution >= 0.6 is 0 Å². The zero-order valence-corrected chi connectivity index (χ0v) is 11.4. The molecule has 2 aromatic rings. The predicted octanol–water partition coefficient (Wildman–Crippen LogP) is 2.86. The van der Waals surface area contributed by atoms with Crippen molar-refractivity contribution in [1.82, 2.24) is 0 Å². The number of benzene rings is 2. The van der Waals surface area contributed by atoms with E-state index in [2.05, 4.69) is 5.16 Å². The third-order valence-corrected chi connectivity index (χ3v) is 3.50. The van der Waals surface area contributed by atoms with Crippen LogP contribution in [-0.2, 0) is 11.3 Å². The first-order chi connectivity index (χ1) is 10.1. The molecule has 0 aliphatic carbocycles. The highest BCUT2D eigenvalue weighted by molar-refractivity contribution is 6.54. The first-order valence-corrected chi connectivity index (χ1v) is 6.49. The minimum Gasteiger partial charge on any atom is -0.410 e. The molecule has 2 aromatic carbocycles. The number of oxime groups is 1. The van der Waals surface area contributed by atoms with Gasteiger partial charge in [0.25, 0.3) is 5.91 Å². The number of amides is 1. The summed E-state index contributed by atoms with van der Waals surface area (Å²) in [5.74, 6) is -0.678. The number of hydrogen-bond acceptors (Lipinski definition) is 3. The molecule has 1 aliphatic rings. The number of anilines is 1. The molecular formula is C16H13FN2O2. The Morgan fingerprint density at radius 2 is 1.90 bits per heavy atom. The quantitative estimate of drug-likeness (QED) is 0.681. The number of aryl methyl sites for hydroxylation is 1. The van der Waals surface area contributed by atoms with E-state index in [4.69, 9.17) is 5.21 Å². The van der Waals surface area contributed by atoms with Gasteiger partial charge in [0.2, 0.25) is 0 Å². The number of rotatable bonds is 2. The van der Waals surface area contributed by atoms with Crippen molar-refractivity contribution in [2.24, 2.45) is 5.16 Å². The van der Waals surface area contributed by atoms with Crippen LogP contribution in [0, 0.1) is 12.7 Å². The lowest BCUT2D eigenvalue weighted by Gasteiger charge is -2.17. The van der Waals surface area contributed by atoms with E-state index in [1.807, 2.05) is 25.1 Å². The van der Waals surface area contributed by atoms with Gasteiger partial charge in [-0.25, -0.2) is 4.39 Å². The number of hydrogen-bond donors (Lipinski definition) is 1. The molecule has 0 spiro atoms. The summed E-state index contributed by atoms with van der Waals surface area (Å²) in [6.07, 6.45) is 0. The van der Waals surface area contributed by atoms with Gasteiger partial charge in [0.1, 0.15) is 5.82 Å². The molecule has 0 atom stereocenters. The van der Waals surface area contributed by atoms with Crippen molar-refractivity contribution >= 4 is 17.3 Å². The Morgan fingerprint density at radius 3 is 2.57 bits per heavy atom. The molecule has 5 heteroatoms. The smallest absolute Gasteiger partial charge is 0.281 e. The van der Waals surface area contributed by atoms with Crippen molar-refractivity contribution < 1.29 is 14.4 Å². The fourth-order valence-electron chi connectivity index (χ4n) is 2.45. The summed E-state index contributed by atoms with van der Waals surface area (Å²) in [6, 6.07) is 11.5. The molecule has 0 aromatic heterocycles. The fourth-order valence-corrected chi connectivity index (χ4v) is 2.45. The third-order valence-electron chi connectivity index (χ3n) is 3.50. The lowest BCUT2D eigenvalue weighted by molar-refractivity contribution is -0.112. The summed E-state index contributed by atoms with van der Waals surface area (Å²) in [5.41, 5.74) is 3.13. The number of carbonyl (C=O) groups excluding carboxylic acids is 1. The normalized spacial score (nSPS) is 15.6. The molecule has 0 saturated carbocycles. The van der Waals surface area contributed by atoms with Gasteiger partial charge in [-0.1, -0.05) is 28.9 Å². The minimum atomic E-state index is -0.359. The Balaban J connectivity index is 2.00. The molecule has 0 bridgehead atoms. The van der Waals surface area contributed by atoms with Crippen molar-refractivity contribution in [3.8, 4) is 0 Å². The van der Waals surface area contributed by atoms with Crippen molar-refractivity contribution in [1.29, 1.82) is 0 Å². The van der Waals surface area contributed by atoms with Crippen LogP contribution in [-0.4, -0.2) is 16.8 Å². The summed E-state index contributed by atoms with van der Waals surface area (Å²) in [4.78, 5) is 13.9. The molecule has 0 radical (unpaired) electrons. The highest BCUT2D eigenvalue weighted by atomic mass is 19.1. The highest BCUT2D eigenvalue weighted by Crippen LogP contribution is 2.31. The molecule has 1 heterocycles. The molecule has 4 nitrogen and oxygen atoms in total. The monoisotopic (exact) mass is 284 g/mol. The predicted molar refractivity (Wildman–Crippen MR) is 77.1 cm³/mol. The number of nitrogens with zero attached hydrogens (tertiary/aromatic N) is 2.